The number of benzene rings is 1. The van der Waals surface area contributed by atoms with Crippen molar-refractivity contribution >= 4 is 10.9 Å². The van der Waals surface area contributed by atoms with Crippen molar-refractivity contribution < 1.29 is 32.9 Å². The van der Waals surface area contributed by atoms with Crippen LogP contribution in [0.2, 0.25) is 0 Å². The van der Waals surface area contributed by atoms with E-state index in [0.717, 1.165) is 5.69 Å². The predicted molar refractivity (Wildman–Crippen MR) is 72.4 cm³/mol. The van der Waals surface area contributed by atoms with E-state index in [1.807, 2.05) is 0 Å². The van der Waals surface area contributed by atoms with Crippen LogP contribution >= 0.6 is 0 Å². The molecule has 0 aliphatic carbocycles. The largest absolute Gasteiger partial charge is 0.573 e. The van der Waals surface area contributed by atoms with Crippen LogP contribution in [0.15, 0.2) is 35.1 Å². The molecule has 1 aromatic carbocycles. The monoisotopic (exact) mass is 328 g/mol. The lowest BCUT2D eigenvalue weighted by Crippen LogP contribution is -2.47. The number of hydrogen-bond acceptors (Lipinski definition) is 4. The molecule has 0 aliphatic rings. The zero-order valence-corrected chi connectivity index (χ0v) is 11.8. The van der Waals surface area contributed by atoms with Gasteiger partial charge in [-0.2, -0.15) is 0 Å². The highest BCUT2D eigenvalue weighted by Crippen LogP contribution is 2.36. The van der Waals surface area contributed by atoms with E-state index in [0.29, 0.717) is 23.1 Å². The van der Waals surface area contributed by atoms with E-state index in [9.17, 15) is 13.2 Å². The molecule has 0 saturated heterocycles. The minimum atomic E-state index is -4.81. The van der Waals surface area contributed by atoms with E-state index in [1.165, 1.54) is 18.4 Å². The normalized spacial score (nSPS) is 11.8. The van der Waals surface area contributed by atoms with Gasteiger partial charge in [-0.1, -0.05) is 5.16 Å². The number of H-pyrrole nitrogens is 1. The summed E-state index contributed by atoms with van der Waals surface area (Å²) in [6.07, 6.45) is -3.47. The van der Waals surface area contributed by atoms with Crippen molar-refractivity contribution in [1.29, 1.82) is 0 Å². The Morgan fingerprint density at radius 1 is 1.22 bits per heavy atom. The van der Waals surface area contributed by atoms with Crippen LogP contribution in [0.1, 0.15) is 11.4 Å². The third-order valence-corrected chi connectivity index (χ3v) is 3.10. The Morgan fingerprint density at radius 2 is 2.04 bits per heavy atom. The van der Waals surface area contributed by atoms with Crippen molar-refractivity contribution in [2.75, 3.05) is 0 Å². The summed E-state index contributed by atoms with van der Waals surface area (Å²) in [6, 6.07) is 6.00. The van der Waals surface area contributed by atoms with Gasteiger partial charge in [0.25, 0.3) is 0 Å². The number of alkyl halides is 3. The van der Waals surface area contributed by atoms with Crippen molar-refractivity contribution in [2.45, 2.75) is 19.5 Å². The number of aromatic amines is 1. The second-order valence-corrected chi connectivity index (χ2v) is 4.76. The summed E-state index contributed by atoms with van der Waals surface area (Å²) in [5.41, 5.74) is 5.62. The summed E-state index contributed by atoms with van der Waals surface area (Å²) in [7, 11) is 0. The van der Waals surface area contributed by atoms with Crippen LogP contribution in [0.5, 0.6) is 11.5 Å². The fourth-order valence-electron chi connectivity index (χ4n) is 2.12. The topological polar surface area (TPSA) is 87.9 Å². The average Bonchev–Trinajstić information content (AvgIpc) is 3.11. The van der Waals surface area contributed by atoms with Crippen LogP contribution in [-0.2, 0) is 13.2 Å². The van der Waals surface area contributed by atoms with E-state index >= 15 is 0 Å². The molecule has 2 heterocycles. The molecule has 0 amide bonds. The highest BCUT2D eigenvalue weighted by molar-refractivity contribution is 5.84. The summed E-state index contributed by atoms with van der Waals surface area (Å²) >= 11 is 0. The number of halogens is 3. The van der Waals surface area contributed by atoms with Gasteiger partial charge < -0.3 is 24.7 Å². The van der Waals surface area contributed by atoms with Gasteiger partial charge in [-0.3, -0.25) is 0 Å². The fraction of sp³-hybridized carbons (Fsp3) is 0.214. The number of rotatable bonds is 5. The Bertz CT molecular complexity index is 797. The molecular formula is C14H13F3N3O3+. The Morgan fingerprint density at radius 3 is 2.70 bits per heavy atom. The molecule has 3 aromatic rings. The van der Waals surface area contributed by atoms with Crippen LogP contribution < -0.4 is 15.2 Å². The van der Waals surface area contributed by atoms with Gasteiger partial charge in [0.05, 0.1) is 5.69 Å². The maximum atomic E-state index is 12.6. The number of hydrogen-bond donors (Lipinski definition) is 2. The minimum absolute atomic E-state index is 0.0425. The third-order valence-electron chi connectivity index (χ3n) is 3.10. The average molecular weight is 328 g/mol. The number of nitrogens with zero attached hydrogens (tertiary/aromatic N) is 1. The molecule has 0 radical (unpaired) electrons. The highest BCUT2D eigenvalue weighted by atomic mass is 19.4. The first-order valence-electron chi connectivity index (χ1n) is 6.67. The molecule has 4 N–H and O–H groups in total. The van der Waals surface area contributed by atoms with Gasteiger partial charge in [-0.05, 0) is 12.1 Å². The smallest absolute Gasteiger partial charge is 0.483 e. The third kappa shape index (κ3) is 3.57. The molecule has 0 spiro atoms. The van der Waals surface area contributed by atoms with Crippen molar-refractivity contribution in [3.8, 4) is 11.5 Å². The lowest BCUT2D eigenvalue weighted by Gasteiger charge is -2.14. The van der Waals surface area contributed by atoms with Crippen molar-refractivity contribution in [2.24, 2.45) is 0 Å². The predicted octanol–water partition coefficient (Wildman–Crippen LogP) is 2.38. The fourth-order valence-corrected chi connectivity index (χ4v) is 2.12. The molecule has 122 valence electrons. The summed E-state index contributed by atoms with van der Waals surface area (Å²) < 4.78 is 51.8. The Labute approximate surface area is 128 Å². The van der Waals surface area contributed by atoms with E-state index in [4.69, 9.17) is 4.74 Å². The quantitative estimate of drug-likeness (QED) is 0.753. The Kier molecular flexibility index (Phi) is 3.87. The van der Waals surface area contributed by atoms with Gasteiger partial charge in [-0.25, -0.2) is 0 Å². The SMILES string of the molecule is [NH3+]Cc1cc2cc(OC(F)(F)F)c(OCc3ccon3)cc2[nH]1. The van der Waals surface area contributed by atoms with Crippen molar-refractivity contribution in [1.82, 2.24) is 10.1 Å². The molecule has 6 nitrogen and oxygen atoms in total. The van der Waals surface area contributed by atoms with E-state index in [-0.39, 0.29) is 12.4 Å². The summed E-state index contributed by atoms with van der Waals surface area (Å²) in [4.78, 5) is 3.06. The van der Waals surface area contributed by atoms with Crippen LogP contribution in [-0.4, -0.2) is 16.5 Å². The maximum Gasteiger partial charge on any atom is 0.573 e. The molecule has 0 aliphatic heterocycles. The summed E-state index contributed by atoms with van der Waals surface area (Å²) in [5, 5.41) is 4.22. The van der Waals surface area contributed by atoms with Crippen molar-refractivity contribution in [3.05, 3.63) is 41.9 Å². The number of ether oxygens (including phenoxy) is 2. The van der Waals surface area contributed by atoms with Crippen LogP contribution in [0.3, 0.4) is 0 Å². The van der Waals surface area contributed by atoms with Gasteiger partial charge in [0, 0.05) is 23.0 Å². The molecular weight excluding hydrogens is 315 g/mol. The second kappa shape index (κ2) is 5.84. The molecule has 2 aromatic heterocycles. The highest BCUT2D eigenvalue weighted by Gasteiger charge is 2.33. The molecule has 23 heavy (non-hydrogen) atoms. The molecule has 0 saturated carbocycles. The molecule has 0 unspecified atom stereocenters. The van der Waals surface area contributed by atoms with Crippen LogP contribution in [0.4, 0.5) is 13.2 Å². The minimum Gasteiger partial charge on any atom is -0.483 e. The lowest BCUT2D eigenvalue weighted by atomic mass is 10.2. The first-order chi connectivity index (χ1) is 10.9. The number of fused-ring (bicyclic) bond motifs is 1. The van der Waals surface area contributed by atoms with Gasteiger partial charge in [-0.15, -0.1) is 13.2 Å². The van der Waals surface area contributed by atoms with Crippen LogP contribution in [0.25, 0.3) is 10.9 Å². The molecule has 0 atom stereocenters. The first-order valence-corrected chi connectivity index (χ1v) is 6.67. The Balaban J connectivity index is 1.95. The maximum absolute atomic E-state index is 12.6. The zero-order chi connectivity index (χ0) is 16.4. The number of aromatic nitrogens is 2. The molecule has 0 fully saturated rings. The lowest BCUT2D eigenvalue weighted by molar-refractivity contribution is -0.387. The molecule has 0 bridgehead atoms. The number of quaternary nitrogens is 1. The van der Waals surface area contributed by atoms with E-state index in [1.54, 1.807) is 12.1 Å². The first kappa shape index (κ1) is 15.2. The van der Waals surface area contributed by atoms with Gasteiger partial charge in [0.15, 0.2) is 11.5 Å². The van der Waals surface area contributed by atoms with E-state index in [2.05, 4.69) is 25.1 Å². The van der Waals surface area contributed by atoms with Crippen molar-refractivity contribution in [3.63, 3.8) is 0 Å². The second-order valence-electron chi connectivity index (χ2n) is 4.76. The molecule has 3 rings (SSSR count). The van der Waals surface area contributed by atoms with E-state index < -0.39 is 12.1 Å². The summed E-state index contributed by atoms with van der Waals surface area (Å²) in [6.45, 7) is 0.443. The number of nitrogens with one attached hydrogen (secondary N) is 1. The summed E-state index contributed by atoms with van der Waals surface area (Å²) in [5.74, 6) is -0.460. The zero-order valence-electron chi connectivity index (χ0n) is 11.8. The van der Waals surface area contributed by atoms with Gasteiger partial charge in [0.2, 0.25) is 0 Å². The van der Waals surface area contributed by atoms with Gasteiger partial charge in [0.1, 0.15) is 25.1 Å². The standard InChI is InChI=1S/C14H12F3N3O3/c15-14(16,17)23-13-4-8-3-10(6-18)19-11(8)5-12(13)21-7-9-1-2-22-20-9/h1-5,19H,6-7,18H2/p+1. The molecule has 9 heteroatoms. The Hall–Kier alpha value is -2.68. The van der Waals surface area contributed by atoms with Crippen LogP contribution in [0, 0.1) is 0 Å². The van der Waals surface area contributed by atoms with Gasteiger partial charge >= 0.3 is 6.36 Å².